The van der Waals surface area contributed by atoms with Crippen LogP contribution in [0.5, 0.6) is 11.5 Å². The summed E-state index contributed by atoms with van der Waals surface area (Å²) in [6.45, 7) is 0. The summed E-state index contributed by atoms with van der Waals surface area (Å²) in [7, 11) is 0. The van der Waals surface area contributed by atoms with E-state index < -0.39 is 46.1 Å². The van der Waals surface area contributed by atoms with Crippen molar-refractivity contribution in [3.05, 3.63) is 35.4 Å². The first-order valence-electron chi connectivity index (χ1n) is 6.06. The zero-order valence-electron chi connectivity index (χ0n) is 10.9. The molecular formula is C14H6F6O3. The molecule has 3 rings (SSSR count). The second-order valence-electron chi connectivity index (χ2n) is 4.77. The highest BCUT2D eigenvalue weighted by atomic mass is 19.4. The Kier molecular flexibility index (Phi) is 2.97. The monoisotopic (exact) mass is 336 g/mol. The van der Waals surface area contributed by atoms with Crippen molar-refractivity contribution >= 4 is 21.9 Å². The van der Waals surface area contributed by atoms with Crippen LogP contribution in [0, 0.1) is 0 Å². The Hall–Kier alpha value is -2.58. The zero-order chi connectivity index (χ0) is 17.2. The second kappa shape index (κ2) is 4.46. The fourth-order valence-corrected chi connectivity index (χ4v) is 2.43. The van der Waals surface area contributed by atoms with Gasteiger partial charge in [-0.2, -0.15) is 26.3 Å². The van der Waals surface area contributed by atoms with Crippen LogP contribution in [0.15, 0.2) is 28.7 Å². The van der Waals surface area contributed by atoms with Gasteiger partial charge in [-0.05, 0) is 24.3 Å². The van der Waals surface area contributed by atoms with E-state index in [-0.39, 0.29) is 10.8 Å². The molecule has 0 spiro atoms. The van der Waals surface area contributed by atoms with Crippen LogP contribution in [0.3, 0.4) is 0 Å². The Labute approximate surface area is 123 Å². The van der Waals surface area contributed by atoms with Gasteiger partial charge in [0.15, 0.2) is 11.2 Å². The number of aromatic hydroxyl groups is 2. The SMILES string of the molecule is Oc1ccc2c(oc3c(C(F)(F)F)c(O)ccc32)c1C(F)(F)F. The van der Waals surface area contributed by atoms with Crippen LogP contribution in [0.2, 0.25) is 0 Å². The van der Waals surface area contributed by atoms with E-state index in [9.17, 15) is 36.6 Å². The minimum Gasteiger partial charge on any atom is -0.507 e. The van der Waals surface area contributed by atoms with Gasteiger partial charge in [-0.25, -0.2) is 0 Å². The Bertz CT molecular complexity index is 846. The highest BCUT2D eigenvalue weighted by Gasteiger charge is 2.41. The van der Waals surface area contributed by atoms with Crippen molar-refractivity contribution in [1.29, 1.82) is 0 Å². The van der Waals surface area contributed by atoms with Crippen molar-refractivity contribution in [3.63, 3.8) is 0 Å². The maximum atomic E-state index is 13.0. The topological polar surface area (TPSA) is 53.6 Å². The number of alkyl halides is 6. The van der Waals surface area contributed by atoms with E-state index >= 15 is 0 Å². The summed E-state index contributed by atoms with van der Waals surface area (Å²) in [5, 5.41) is 18.3. The van der Waals surface area contributed by atoms with Gasteiger partial charge in [0.05, 0.1) is 0 Å². The number of phenolic OH excluding ortho intramolecular Hbond substituents is 2. The maximum Gasteiger partial charge on any atom is 0.423 e. The van der Waals surface area contributed by atoms with Crippen molar-refractivity contribution in [2.45, 2.75) is 12.4 Å². The van der Waals surface area contributed by atoms with Crippen LogP contribution in [0.1, 0.15) is 11.1 Å². The average molecular weight is 336 g/mol. The van der Waals surface area contributed by atoms with Crippen LogP contribution in [0.4, 0.5) is 26.3 Å². The third kappa shape index (κ3) is 2.23. The van der Waals surface area contributed by atoms with Gasteiger partial charge in [0.2, 0.25) is 0 Å². The van der Waals surface area contributed by atoms with E-state index in [1.54, 1.807) is 0 Å². The number of hydrogen-bond acceptors (Lipinski definition) is 3. The zero-order valence-corrected chi connectivity index (χ0v) is 10.9. The van der Waals surface area contributed by atoms with Crippen LogP contribution in [0.25, 0.3) is 21.9 Å². The van der Waals surface area contributed by atoms with Gasteiger partial charge < -0.3 is 14.6 Å². The molecule has 9 heteroatoms. The summed E-state index contributed by atoms with van der Waals surface area (Å²) >= 11 is 0. The molecule has 3 nitrogen and oxygen atoms in total. The molecule has 0 radical (unpaired) electrons. The van der Waals surface area contributed by atoms with E-state index in [0.717, 1.165) is 24.3 Å². The van der Waals surface area contributed by atoms with Gasteiger partial charge in [-0.3, -0.25) is 0 Å². The van der Waals surface area contributed by atoms with E-state index in [1.165, 1.54) is 0 Å². The molecule has 0 unspecified atom stereocenters. The van der Waals surface area contributed by atoms with Crippen LogP contribution in [-0.2, 0) is 12.4 Å². The number of hydrogen-bond donors (Lipinski definition) is 2. The lowest BCUT2D eigenvalue weighted by Crippen LogP contribution is -2.05. The first kappa shape index (κ1) is 15.3. The summed E-state index contributed by atoms with van der Waals surface area (Å²) in [4.78, 5) is 0. The lowest BCUT2D eigenvalue weighted by atomic mass is 10.1. The lowest BCUT2D eigenvalue weighted by molar-refractivity contribution is -0.138. The predicted octanol–water partition coefficient (Wildman–Crippen LogP) is 5.03. The Balaban J connectivity index is 2.54. The van der Waals surface area contributed by atoms with Crippen molar-refractivity contribution < 1.29 is 41.0 Å². The summed E-state index contributed by atoms with van der Waals surface area (Å²) in [5.74, 6) is -2.33. The first-order chi connectivity index (χ1) is 10.5. The molecule has 2 N–H and O–H groups in total. The van der Waals surface area contributed by atoms with Crippen molar-refractivity contribution in [1.82, 2.24) is 0 Å². The largest absolute Gasteiger partial charge is 0.507 e. The quantitative estimate of drug-likeness (QED) is 0.566. The molecule has 0 amide bonds. The van der Waals surface area contributed by atoms with Gasteiger partial charge in [-0.15, -0.1) is 0 Å². The van der Waals surface area contributed by atoms with Gasteiger partial charge in [-0.1, -0.05) is 0 Å². The minimum atomic E-state index is -5.03. The smallest absolute Gasteiger partial charge is 0.423 e. The summed E-state index contributed by atoms with van der Waals surface area (Å²) in [5.41, 5.74) is -5.00. The van der Waals surface area contributed by atoms with E-state index in [2.05, 4.69) is 0 Å². The Morgan fingerprint density at radius 1 is 0.652 bits per heavy atom. The Morgan fingerprint density at radius 2 is 1.00 bits per heavy atom. The van der Waals surface area contributed by atoms with Crippen molar-refractivity contribution in [3.8, 4) is 11.5 Å². The molecule has 0 saturated carbocycles. The predicted molar refractivity (Wildman–Crippen MR) is 67.1 cm³/mol. The highest BCUT2D eigenvalue weighted by Crippen LogP contribution is 2.47. The molecule has 0 aliphatic heterocycles. The number of halogens is 6. The third-order valence-electron chi connectivity index (χ3n) is 3.33. The molecule has 1 aromatic heterocycles. The molecule has 3 aromatic rings. The molecule has 122 valence electrons. The summed E-state index contributed by atoms with van der Waals surface area (Å²) < 4.78 is 82.9. The molecule has 23 heavy (non-hydrogen) atoms. The molecular weight excluding hydrogens is 330 g/mol. The normalized spacial score (nSPS) is 13.1. The van der Waals surface area contributed by atoms with Crippen LogP contribution < -0.4 is 0 Å². The second-order valence-corrected chi connectivity index (χ2v) is 4.77. The molecule has 0 saturated heterocycles. The van der Waals surface area contributed by atoms with Crippen molar-refractivity contribution in [2.24, 2.45) is 0 Å². The molecule has 0 fully saturated rings. The molecule has 0 aliphatic carbocycles. The Morgan fingerprint density at radius 3 is 1.30 bits per heavy atom. The van der Waals surface area contributed by atoms with E-state index in [0.29, 0.717) is 0 Å². The lowest BCUT2D eigenvalue weighted by Gasteiger charge is -2.09. The van der Waals surface area contributed by atoms with Crippen LogP contribution >= 0.6 is 0 Å². The number of fused-ring (bicyclic) bond motifs is 3. The molecule has 0 atom stereocenters. The molecule has 1 heterocycles. The van der Waals surface area contributed by atoms with Gasteiger partial charge >= 0.3 is 12.4 Å². The number of furan rings is 1. The molecule has 0 aliphatic rings. The van der Waals surface area contributed by atoms with E-state index in [1.807, 2.05) is 0 Å². The fraction of sp³-hybridized carbons (Fsp3) is 0.143. The van der Waals surface area contributed by atoms with Crippen LogP contribution in [-0.4, -0.2) is 10.2 Å². The number of phenols is 2. The fourth-order valence-electron chi connectivity index (χ4n) is 2.43. The van der Waals surface area contributed by atoms with Gasteiger partial charge in [0.25, 0.3) is 0 Å². The standard InChI is InChI=1S/C14H6F6O3/c15-13(16,17)9-7(21)3-1-5-6-2-4-8(22)10(14(18,19)20)12(6)23-11(5)9/h1-4,21-22H. The van der Waals surface area contributed by atoms with Gasteiger partial charge in [0.1, 0.15) is 22.6 Å². The third-order valence-corrected chi connectivity index (χ3v) is 3.33. The maximum absolute atomic E-state index is 13.0. The minimum absolute atomic E-state index is 0.254. The molecule has 2 aromatic carbocycles. The first-order valence-corrected chi connectivity index (χ1v) is 6.06. The summed E-state index contributed by atoms with van der Waals surface area (Å²) in [6.07, 6.45) is -10.1. The van der Waals surface area contributed by atoms with Crippen molar-refractivity contribution in [2.75, 3.05) is 0 Å². The highest BCUT2D eigenvalue weighted by molar-refractivity contribution is 6.08. The summed E-state index contributed by atoms with van der Waals surface area (Å²) in [6, 6.07) is 3.48. The number of benzene rings is 2. The molecule has 0 bridgehead atoms. The van der Waals surface area contributed by atoms with E-state index in [4.69, 9.17) is 4.42 Å². The average Bonchev–Trinajstić information content (AvgIpc) is 2.72. The number of rotatable bonds is 0. The van der Waals surface area contributed by atoms with Gasteiger partial charge in [0, 0.05) is 10.8 Å².